The van der Waals surface area contributed by atoms with Gasteiger partial charge in [-0.3, -0.25) is 10.1 Å². The molecule has 0 aliphatic heterocycles. The van der Waals surface area contributed by atoms with E-state index in [2.05, 4.69) is 17.5 Å². The second kappa shape index (κ2) is 9.96. The molecule has 5 nitrogen and oxygen atoms in total. The molecule has 0 heterocycles. The Hall–Kier alpha value is -3.57. The van der Waals surface area contributed by atoms with E-state index in [0.29, 0.717) is 23.6 Å². The Labute approximate surface area is 209 Å². The number of phenolic OH excluding ortho intramolecular Hbond substituents is 1. The van der Waals surface area contributed by atoms with Crippen LogP contribution in [0, 0.1) is 5.92 Å². The standard InChI is InChI=1S/C29H26ClNO4/c30-27-13-6-19(15-26(27)20-2-1-3-20)17-35-29(34)31-23-9-4-18(5-10-23)14-22-8-7-21-16-24(32)11-12-25(21)28(22)33/h1-2,4-6,9-13,15-16,20,22,32H,3,7-8,14,17H2,(H,31,34). The number of nitrogens with one attached hydrogen (secondary N) is 1. The Balaban J connectivity index is 1.14. The van der Waals surface area contributed by atoms with Crippen LogP contribution in [-0.4, -0.2) is 17.0 Å². The largest absolute Gasteiger partial charge is 0.508 e. The highest BCUT2D eigenvalue weighted by Crippen LogP contribution is 2.34. The number of hydrogen-bond donors (Lipinski definition) is 2. The van der Waals surface area contributed by atoms with E-state index in [-0.39, 0.29) is 24.1 Å². The molecule has 1 amide bonds. The zero-order chi connectivity index (χ0) is 24.4. The molecule has 0 bridgehead atoms. The minimum atomic E-state index is -0.528. The number of benzene rings is 3. The number of carbonyl (C=O) groups is 2. The predicted molar refractivity (Wildman–Crippen MR) is 136 cm³/mol. The summed E-state index contributed by atoms with van der Waals surface area (Å²) < 4.78 is 5.39. The maximum Gasteiger partial charge on any atom is 0.411 e. The van der Waals surface area contributed by atoms with Gasteiger partial charge < -0.3 is 9.84 Å². The summed E-state index contributed by atoms with van der Waals surface area (Å²) in [5.41, 5.74) is 5.23. The van der Waals surface area contributed by atoms with Crippen LogP contribution in [0.1, 0.15) is 51.4 Å². The maximum atomic E-state index is 12.9. The number of amides is 1. The van der Waals surface area contributed by atoms with Gasteiger partial charge >= 0.3 is 6.09 Å². The Kier molecular flexibility index (Phi) is 6.60. The van der Waals surface area contributed by atoms with Gasteiger partial charge in [-0.2, -0.15) is 0 Å². The van der Waals surface area contributed by atoms with Gasteiger partial charge in [0.1, 0.15) is 12.4 Å². The third kappa shape index (κ3) is 5.25. The first kappa shape index (κ1) is 23.2. The lowest BCUT2D eigenvalue weighted by Gasteiger charge is -2.23. The van der Waals surface area contributed by atoms with Crippen molar-refractivity contribution in [2.75, 3.05) is 5.32 Å². The summed E-state index contributed by atoms with van der Waals surface area (Å²) in [5, 5.41) is 13.1. The number of allylic oxidation sites excluding steroid dienone is 2. The molecular weight excluding hydrogens is 462 g/mol. The molecule has 3 aromatic carbocycles. The van der Waals surface area contributed by atoms with Crippen molar-refractivity contribution in [3.8, 4) is 5.75 Å². The molecule has 0 spiro atoms. The fourth-order valence-electron chi connectivity index (χ4n) is 4.68. The number of hydrogen-bond acceptors (Lipinski definition) is 4. The summed E-state index contributed by atoms with van der Waals surface area (Å²) in [5.74, 6) is 0.564. The molecule has 2 N–H and O–H groups in total. The molecule has 3 aromatic rings. The lowest BCUT2D eigenvalue weighted by Crippen LogP contribution is -2.24. The van der Waals surface area contributed by atoms with Crippen LogP contribution in [0.15, 0.2) is 72.8 Å². The number of rotatable bonds is 6. The average Bonchev–Trinajstić information content (AvgIpc) is 2.81. The molecule has 35 heavy (non-hydrogen) atoms. The Morgan fingerprint density at radius 1 is 1.06 bits per heavy atom. The van der Waals surface area contributed by atoms with Gasteiger partial charge in [-0.05, 0) is 84.3 Å². The predicted octanol–water partition coefficient (Wildman–Crippen LogP) is 6.83. The Morgan fingerprint density at radius 3 is 2.57 bits per heavy atom. The third-order valence-electron chi connectivity index (χ3n) is 6.76. The van der Waals surface area contributed by atoms with Gasteiger partial charge in [-0.15, -0.1) is 0 Å². The van der Waals surface area contributed by atoms with Crippen molar-refractivity contribution in [1.29, 1.82) is 0 Å². The average molecular weight is 488 g/mol. The minimum absolute atomic E-state index is 0.0875. The van der Waals surface area contributed by atoms with Crippen LogP contribution >= 0.6 is 11.6 Å². The van der Waals surface area contributed by atoms with Gasteiger partial charge in [0.25, 0.3) is 0 Å². The van der Waals surface area contributed by atoms with E-state index in [1.165, 1.54) is 0 Å². The summed E-state index contributed by atoms with van der Waals surface area (Å²) in [4.78, 5) is 25.2. The molecule has 0 aromatic heterocycles. The summed E-state index contributed by atoms with van der Waals surface area (Å²) in [7, 11) is 0. The van der Waals surface area contributed by atoms with E-state index in [9.17, 15) is 14.7 Å². The first-order chi connectivity index (χ1) is 17.0. The fraction of sp³-hybridized carbons (Fsp3) is 0.241. The first-order valence-electron chi connectivity index (χ1n) is 11.8. The Bertz CT molecular complexity index is 1300. The van der Waals surface area contributed by atoms with Crippen molar-refractivity contribution >= 4 is 29.2 Å². The summed E-state index contributed by atoms with van der Waals surface area (Å²) in [6, 6.07) is 18.1. The number of aryl methyl sites for hydroxylation is 1. The van der Waals surface area contributed by atoms with E-state index in [0.717, 1.165) is 46.5 Å². The molecule has 2 aliphatic carbocycles. The normalized spacial score (nSPS) is 18.5. The number of carbonyl (C=O) groups excluding carboxylic acids is 2. The van der Waals surface area contributed by atoms with Gasteiger partial charge in [0.2, 0.25) is 0 Å². The van der Waals surface area contributed by atoms with Crippen LogP contribution in [0.3, 0.4) is 0 Å². The van der Waals surface area contributed by atoms with Crippen LogP contribution in [0.2, 0.25) is 5.02 Å². The minimum Gasteiger partial charge on any atom is -0.508 e. The van der Waals surface area contributed by atoms with Crippen molar-refractivity contribution < 1.29 is 19.4 Å². The Morgan fingerprint density at radius 2 is 1.83 bits per heavy atom. The zero-order valence-electron chi connectivity index (χ0n) is 19.2. The second-order valence-corrected chi connectivity index (χ2v) is 9.58. The maximum absolute atomic E-state index is 12.9. The molecule has 5 rings (SSSR count). The van der Waals surface area contributed by atoms with Crippen molar-refractivity contribution in [2.24, 2.45) is 5.92 Å². The number of ketones is 1. The van der Waals surface area contributed by atoms with E-state index in [1.807, 2.05) is 42.5 Å². The molecule has 6 heteroatoms. The van der Waals surface area contributed by atoms with E-state index in [4.69, 9.17) is 16.3 Å². The highest BCUT2D eigenvalue weighted by molar-refractivity contribution is 6.31. The van der Waals surface area contributed by atoms with Crippen LogP contribution in [0.25, 0.3) is 0 Å². The van der Waals surface area contributed by atoms with Gasteiger partial charge in [0.15, 0.2) is 5.78 Å². The molecule has 178 valence electrons. The van der Waals surface area contributed by atoms with E-state index >= 15 is 0 Å². The van der Waals surface area contributed by atoms with Gasteiger partial charge in [0.05, 0.1) is 0 Å². The zero-order valence-corrected chi connectivity index (χ0v) is 19.9. The highest BCUT2D eigenvalue weighted by Gasteiger charge is 2.27. The summed E-state index contributed by atoms with van der Waals surface area (Å²) in [6.07, 6.45) is 6.85. The van der Waals surface area contributed by atoms with E-state index < -0.39 is 6.09 Å². The SMILES string of the molecule is O=C(Nc1ccc(CC2CCc3cc(O)ccc3C2=O)cc1)OCc1ccc(Cl)c(C2C=CC2)c1. The van der Waals surface area contributed by atoms with Crippen LogP contribution in [-0.2, 0) is 24.2 Å². The van der Waals surface area contributed by atoms with Crippen molar-refractivity contribution in [2.45, 2.75) is 38.2 Å². The molecule has 2 unspecified atom stereocenters. The lowest BCUT2D eigenvalue weighted by atomic mass is 9.79. The molecule has 2 aliphatic rings. The number of halogens is 1. The van der Waals surface area contributed by atoms with Gasteiger partial charge in [-0.25, -0.2) is 4.79 Å². The summed E-state index contributed by atoms with van der Waals surface area (Å²) in [6.45, 7) is 0.160. The number of Topliss-reactive ketones (excluding diaryl/α,β-unsaturated/α-hetero) is 1. The van der Waals surface area contributed by atoms with Gasteiger partial charge in [-0.1, -0.05) is 48.0 Å². The third-order valence-corrected chi connectivity index (χ3v) is 7.10. The molecule has 0 radical (unpaired) electrons. The number of phenols is 1. The van der Waals surface area contributed by atoms with Crippen LogP contribution in [0.5, 0.6) is 5.75 Å². The summed E-state index contributed by atoms with van der Waals surface area (Å²) >= 11 is 6.30. The molecular formula is C29H26ClNO4. The molecule has 0 saturated carbocycles. The molecule has 0 fully saturated rings. The fourth-order valence-corrected chi connectivity index (χ4v) is 4.94. The van der Waals surface area contributed by atoms with Crippen molar-refractivity contribution in [3.05, 3.63) is 106 Å². The van der Waals surface area contributed by atoms with E-state index in [1.54, 1.807) is 18.2 Å². The van der Waals surface area contributed by atoms with Crippen molar-refractivity contribution in [1.82, 2.24) is 0 Å². The van der Waals surface area contributed by atoms with Crippen LogP contribution in [0.4, 0.5) is 10.5 Å². The van der Waals surface area contributed by atoms with Crippen molar-refractivity contribution in [3.63, 3.8) is 0 Å². The number of anilines is 1. The van der Waals surface area contributed by atoms with Gasteiger partial charge in [0, 0.05) is 28.1 Å². The monoisotopic (exact) mass is 487 g/mol. The molecule has 2 atom stereocenters. The smallest absolute Gasteiger partial charge is 0.411 e. The highest BCUT2D eigenvalue weighted by atomic mass is 35.5. The number of fused-ring (bicyclic) bond motifs is 1. The number of ether oxygens (including phenoxy) is 1. The molecule has 0 saturated heterocycles. The topological polar surface area (TPSA) is 75.6 Å². The second-order valence-electron chi connectivity index (χ2n) is 9.17. The first-order valence-corrected chi connectivity index (χ1v) is 12.2. The quantitative estimate of drug-likeness (QED) is 0.374. The van der Waals surface area contributed by atoms with Crippen LogP contribution < -0.4 is 5.32 Å². The lowest BCUT2D eigenvalue weighted by molar-refractivity contribution is 0.0901. The number of aromatic hydroxyl groups is 1.